The Hall–Kier alpha value is -2.35. The fourth-order valence-electron chi connectivity index (χ4n) is 1.97. The van der Waals surface area contributed by atoms with E-state index in [4.69, 9.17) is 4.74 Å². The van der Waals surface area contributed by atoms with Gasteiger partial charge in [-0.25, -0.2) is 4.79 Å². The Morgan fingerprint density at radius 2 is 1.80 bits per heavy atom. The standard InChI is InChI=1S/C17H21NO6S/c1-11(19)24-9-14(10-25-12(2)20)16(21)18-15(17(22)23)8-13-6-4-3-5-7-13/h3-7,14-15H,8-10H2,1-2H3,(H,18,21)(H,22,23)/t14?,15-/m0/s1. The van der Waals surface area contributed by atoms with Crippen LogP contribution >= 0.6 is 11.8 Å². The fraction of sp³-hybridized carbons (Fsp3) is 0.412. The second-order valence-corrected chi connectivity index (χ2v) is 6.59. The summed E-state index contributed by atoms with van der Waals surface area (Å²) in [7, 11) is 0. The van der Waals surface area contributed by atoms with Crippen LogP contribution in [0, 0.1) is 5.92 Å². The predicted molar refractivity (Wildman–Crippen MR) is 93.0 cm³/mol. The summed E-state index contributed by atoms with van der Waals surface area (Å²) in [6.07, 6.45) is 0.127. The number of carbonyl (C=O) groups is 4. The van der Waals surface area contributed by atoms with Crippen LogP contribution in [0.15, 0.2) is 30.3 Å². The first-order valence-electron chi connectivity index (χ1n) is 7.63. The highest BCUT2D eigenvalue weighted by molar-refractivity contribution is 8.13. The van der Waals surface area contributed by atoms with Crippen molar-refractivity contribution in [3.63, 3.8) is 0 Å². The number of hydrogen-bond acceptors (Lipinski definition) is 6. The maximum absolute atomic E-state index is 12.4. The maximum Gasteiger partial charge on any atom is 0.326 e. The summed E-state index contributed by atoms with van der Waals surface area (Å²) in [6.45, 7) is 2.36. The Bertz CT molecular complexity index is 601. The second kappa shape index (κ2) is 10.5. The van der Waals surface area contributed by atoms with E-state index in [-0.39, 0.29) is 23.9 Å². The van der Waals surface area contributed by atoms with E-state index in [1.54, 1.807) is 24.3 Å². The first-order valence-corrected chi connectivity index (χ1v) is 8.62. The van der Waals surface area contributed by atoms with E-state index in [1.165, 1.54) is 13.8 Å². The lowest BCUT2D eigenvalue weighted by Gasteiger charge is -2.20. The van der Waals surface area contributed by atoms with Crippen molar-refractivity contribution < 1.29 is 29.0 Å². The smallest absolute Gasteiger partial charge is 0.326 e. The third kappa shape index (κ3) is 8.35. The number of aliphatic carboxylic acids is 1. The predicted octanol–water partition coefficient (Wildman–Crippen LogP) is 1.26. The molecule has 25 heavy (non-hydrogen) atoms. The molecule has 0 aromatic heterocycles. The highest BCUT2D eigenvalue weighted by Crippen LogP contribution is 2.12. The molecule has 1 unspecified atom stereocenters. The number of hydrogen-bond donors (Lipinski definition) is 2. The maximum atomic E-state index is 12.4. The van der Waals surface area contributed by atoms with Crippen LogP contribution < -0.4 is 5.32 Å². The molecule has 7 nitrogen and oxygen atoms in total. The molecule has 1 aromatic rings. The molecule has 0 aliphatic rings. The van der Waals surface area contributed by atoms with Gasteiger partial charge in [0.05, 0.1) is 5.92 Å². The van der Waals surface area contributed by atoms with E-state index >= 15 is 0 Å². The van der Waals surface area contributed by atoms with Crippen molar-refractivity contribution in [2.75, 3.05) is 12.4 Å². The Kier molecular flexibility index (Phi) is 8.69. The van der Waals surface area contributed by atoms with Crippen LogP contribution in [0.4, 0.5) is 0 Å². The van der Waals surface area contributed by atoms with E-state index in [0.29, 0.717) is 0 Å². The number of carboxylic acid groups (broad SMARTS) is 1. The van der Waals surface area contributed by atoms with Crippen LogP contribution in [0.1, 0.15) is 19.4 Å². The number of amides is 1. The Balaban J connectivity index is 2.76. The summed E-state index contributed by atoms with van der Waals surface area (Å²) in [4.78, 5) is 45.9. The zero-order valence-corrected chi connectivity index (χ0v) is 14.9. The molecule has 1 rings (SSSR count). The molecule has 8 heteroatoms. The van der Waals surface area contributed by atoms with Crippen LogP contribution in [0.3, 0.4) is 0 Å². The van der Waals surface area contributed by atoms with Gasteiger partial charge >= 0.3 is 11.9 Å². The van der Waals surface area contributed by atoms with Crippen LogP contribution in [-0.2, 0) is 30.3 Å². The summed E-state index contributed by atoms with van der Waals surface area (Å²) >= 11 is 0.920. The van der Waals surface area contributed by atoms with Gasteiger partial charge in [0.2, 0.25) is 5.91 Å². The quantitative estimate of drug-likeness (QED) is 0.632. The van der Waals surface area contributed by atoms with E-state index in [9.17, 15) is 24.3 Å². The van der Waals surface area contributed by atoms with Crippen molar-refractivity contribution in [3.8, 4) is 0 Å². The van der Waals surface area contributed by atoms with Crippen LogP contribution in [-0.4, -0.2) is 46.5 Å². The zero-order chi connectivity index (χ0) is 18.8. The first kappa shape index (κ1) is 20.7. The Labute approximate surface area is 150 Å². The second-order valence-electron chi connectivity index (χ2n) is 5.39. The van der Waals surface area contributed by atoms with Gasteiger partial charge in [0.1, 0.15) is 12.6 Å². The Morgan fingerprint density at radius 1 is 1.16 bits per heavy atom. The van der Waals surface area contributed by atoms with Crippen molar-refractivity contribution in [3.05, 3.63) is 35.9 Å². The summed E-state index contributed by atoms with van der Waals surface area (Å²) < 4.78 is 4.85. The van der Waals surface area contributed by atoms with Gasteiger partial charge in [-0.1, -0.05) is 42.1 Å². The number of nitrogens with one attached hydrogen (secondary N) is 1. The molecular weight excluding hydrogens is 346 g/mol. The molecule has 1 amide bonds. The van der Waals surface area contributed by atoms with Crippen molar-refractivity contribution in [2.24, 2.45) is 5.92 Å². The van der Waals surface area contributed by atoms with E-state index < -0.39 is 29.8 Å². The van der Waals surface area contributed by atoms with E-state index in [2.05, 4.69) is 5.32 Å². The molecule has 0 fully saturated rings. The lowest BCUT2D eigenvalue weighted by Crippen LogP contribution is -2.46. The van der Waals surface area contributed by atoms with Crippen molar-refractivity contribution in [1.82, 2.24) is 5.32 Å². The largest absolute Gasteiger partial charge is 0.480 e. The van der Waals surface area contributed by atoms with Gasteiger partial charge < -0.3 is 15.2 Å². The molecule has 1 aromatic carbocycles. The minimum absolute atomic E-state index is 0.103. The van der Waals surface area contributed by atoms with Gasteiger partial charge in [0.15, 0.2) is 5.12 Å². The molecule has 0 bridgehead atoms. The molecule has 0 heterocycles. The number of rotatable bonds is 9. The van der Waals surface area contributed by atoms with E-state index in [1.807, 2.05) is 6.07 Å². The molecule has 0 saturated carbocycles. The SMILES string of the molecule is CC(=O)OCC(CSC(C)=O)C(=O)N[C@@H](Cc1ccccc1)C(=O)O. The van der Waals surface area contributed by atoms with Crippen LogP contribution in [0.5, 0.6) is 0 Å². The lowest BCUT2D eigenvalue weighted by molar-refractivity contribution is -0.146. The molecule has 0 radical (unpaired) electrons. The summed E-state index contributed by atoms with van der Waals surface area (Å²) in [5.41, 5.74) is 0.768. The minimum atomic E-state index is -1.16. The third-order valence-corrected chi connectivity index (χ3v) is 4.22. The summed E-state index contributed by atoms with van der Waals surface area (Å²) in [5, 5.41) is 11.6. The zero-order valence-electron chi connectivity index (χ0n) is 14.1. The average molecular weight is 367 g/mol. The van der Waals surface area contributed by atoms with Gasteiger partial charge in [-0.15, -0.1) is 0 Å². The lowest BCUT2D eigenvalue weighted by atomic mass is 10.0. The molecule has 0 aliphatic carbocycles. The van der Waals surface area contributed by atoms with Gasteiger partial charge in [0.25, 0.3) is 0 Å². The topological polar surface area (TPSA) is 110 Å². The molecule has 136 valence electrons. The normalized spacial score (nSPS) is 12.7. The Morgan fingerprint density at radius 3 is 2.32 bits per heavy atom. The number of carboxylic acids is 1. The fourth-order valence-corrected chi connectivity index (χ4v) is 2.66. The molecular formula is C17H21NO6S. The number of carbonyl (C=O) groups excluding carboxylic acids is 3. The molecule has 2 N–H and O–H groups in total. The number of ether oxygens (including phenoxy) is 1. The third-order valence-electron chi connectivity index (χ3n) is 3.24. The van der Waals surface area contributed by atoms with Crippen LogP contribution in [0.2, 0.25) is 0 Å². The van der Waals surface area contributed by atoms with Crippen LogP contribution in [0.25, 0.3) is 0 Å². The van der Waals surface area contributed by atoms with Crippen molar-refractivity contribution in [2.45, 2.75) is 26.3 Å². The highest BCUT2D eigenvalue weighted by Gasteiger charge is 2.26. The molecule has 0 saturated heterocycles. The van der Waals surface area contributed by atoms with E-state index in [0.717, 1.165) is 17.3 Å². The molecule has 2 atom stereocenters. The van der Waals surface area contributed by atoms with Gasteiger partial charge in [-0.05, 0) is 5.56 Å². The molecule has 0 aliphatic heterocycles. The highest BCUT2D eigenvalue weighted by atomic mass is 32.2. The van der Waals surface area contributed by atoms with Crippen molar-refractivity contribution in [1.29, 1.82) is 0 Å². The number of benzene rings is 1. The average Bonchev–Trinajstić information content (AvgIpc) is 2.54. The number of esters is 1. The van der Waals surface area contributed by atoms with Gasteiger partial charge in [0, 0.05) is 26.0 Å². The summed E-state index contributed by atoms with van der Waals surface area (Å²) in [6, 6.07) is 7.80. The minimum Gasteiger partial charge on any atom is -0.480 e. The van der Waals surface area contributed by atoms with Crippen molar-refractivity contribution >= 4 is 34.7 Å². The molecule has 0 spiro atoms. The summed E-state index contributed by atoms with van der Waals surface area (Å²) in [5.74, 6) is -2.99. The monoisotopic (exact) mass is 367 g/mol. The van der Waals surface area contributed by atoms with Gasteiger partial charge in [-0.2, -0.15) is 0 Å². The van der Waals surface area contributed by atoms with Gasteiger partial charge in [-0.3, -0.25) is 14.4 Å². The first-order chi connectivity index (χ1) is 11.8. The number of thioether (sulfide) groups is 1.